The standard InChI is InChI=1S/C20H15FN2OS/c1-25-14-10-16(12-6-8-13(21)9-7-12)19-15-4-2-3-5-17(15)22-20(24)23-18(19)11-14/h2-11H,1H3,(H2,22,23,24). The van der Waals surface area contributed by atoms with Crippen molar-refractivity contribution >= 4 is 29.2 Å². The van der Waals surface area contributed by atoms with Crippen LogP contribution in [-0.4, -0.2) is 12.3 Å². The summed E-state index contributed by atoms with van der Waals surface area (Å²) in [5, 5.41) is 5.81. The molecule has 1 aliphatic rings. The molecule has 0 unspecified atom stereocenters. The molecule has 0 aliphatic carbocycles. The first-order chi connectivity index (χ1) is 12.2. The van der Waals surface area contributed by atoms with Gasteiger partial charge in [0, 0.05) is 16.0 Å². The Kier molecular flexibility index (Phi) is 3.93. The highest BCUT2D eigenvalue weighted by molar-refractivity contribution is 7.98. The number of urea groups is 1. The third kappa shape index (κ3) is 2.87. The van der Waals surface area contributed by atoms with E-state index in [0.717, 1.165) is 38.5 Å². The molecule has 2 amide bonds. The van der Waals surface area contributed by atoms with Gasteiger partial charge in [-0.3, -0.25) is 0 Å². The Bertz CT molecular complexity index is 970. The lowest BCUT2D eigenvalue weighted by Crippen LogP contribution is -2.17. The zero-order valence-electron chi connectivity index (χ0n) is 13.5. The number of nitrogens with one attached hydrogen (secondary N) is 2. The maximum Gasteiger partial charge on any atom is 0.323 e. The van der Waals surface area contributed by atoms with Gasteiger partial charge in [-0.2, -0.15) is 0 Å². The molecule has 0 spiro atoms. The van der Waals surface area contributed by atoms with Gasteiger partial charge in [0.15, 0.2) is 0 Å². The number of carbonyl (C=O) groups excluding carboxylic acids is 1. The summed E-state index contributed by atoms with van der Waals surface area (Å²) in [6.07, 6.45) is 1.99. The van der Waals surface area contributed by atoms with E-state index in [2.05, 4.69) is 16.7 Å². The zero-order chi connectivity index (χ0) is 17.4. The number of fused-ring (bicyclic) bond motifs is 3. The van der Waals surface area contributed by atoms with E-state index in [-0.39, 0.29) is 11.8 Å². The first-order valence-electron chi connectivity index (χ1n) is 7.81. The van der Waals surface area contributed by atoms with E-state index in [4.69, 9.17) is 0 Å². The summed E-state index contributed by atoms with van der Waals surface area (Å²) in [5.41, 5.74) is 5.21. The monoisotopic (exact) mass is 350 g/mol. The molecule has 0 saturated carbocycles. The van der Waals surface area contributed by atoms with Gasteiger partial charge in [-0.15, -0.1) is 11.8 Å². The Hall–Kier alpha value is -2.79. The van der Waals surface area contributed by atoms with Crippen molar-refractivity contribution in [3.05, 3.63) is 66.5 Å². The number of amides is 2. The Morgan fingerprint density at radius 1 is 0.880 bits per heavy atom. The van der Waals surface area contributed by atoms with Gasteiger partial charge in [0.1, 0.15) is 5.82 Å². The minimum Gasteiger partial charge on any atom is -0.307 e. The Labute approximate surface area is 149 Å². The SMILES string of the molecule is CSc1cc2c(c(-c3ccc(F)cc3)c1)-c1ccccc1NC(=O)N2. The fraction of sp³-hybridized carbons (Fsp3) is 0.0500. The van der Waals surface area contributed by atoms with Crippen molar-refractivity contribution in [2.45, 2.75) is 4.90 Å². The van der Waals surface area contributed by atoms with Crippen LogP contribution >= 0.6 is 11.8 Å². The molecule has 4 rings (SSSR count). The van der Waals surface area contributed by atoms with Crippen LogP contribution in [0.25, 0.3) is 22.3 Å². The van der Waals surface area contributed by atoms with Gasteiger partial charge in [0.2, 0.25) is 0 Å². The van der Waals surface area contributed by atoms with Crippen LogP contribution in [0.3, 0.4) is 0 Å². The van der Waals surface area contributed by atoms with E-state index in [1.807, 2.05) is 36.6 Å². The molecule has 3 aromatic carbocycles. The summed E-state index contributed by atoms with van der Waals surface area (Å²) in [6.45, 7) is 0. The van der Waals surface area contributed by atoms with Crippen molar-refractivity contribution in [2.75, 3.05) is 16.9 Å². The maximum absolute atomic E-state index is 13.4. The van der Waals surface area contributed by atoms with E-state index in [1.54, 1.807) is 23.9 Å². The van der Waals surface area contributed by atoms with Crippen molar-refractivity contribution in [1.82, 2.24) is 0 Å². The first kappa shape index (κ1) is 15.7. The fourth-order valence-corrected chi connectivity index (χ4v) is 3.54. The van der Waals surface area contributed by atoms with Gasteiger partial charge in [0.25, 0.3) is 0 Å². The number of thioether (sulfide) groups is 1. The number of hydrogen-bond donors (Lipinski definition) is 2. The molecular formula is C20H15FN2OS. The average Bonchev–Trinajstić information content (AvgIpc) is 2.76. The van der Waals surface area contributed by atoms with Crippen LogP contribution in [0.5, 0.6) is 0 Å². The van der Waals surface area contributed by atoms with E-state index < -0.39 is 0 Å². The van der Waals surface area contributed by atoms with Crippen molar-refractivity contribution < 1.29 is 9.18 Å². The Balaban J connectivity index is 2.05. The van der Waals surface area contributed by atoms with Gasteiger partial charge < -0.3 is 10.6 Å². The van der Waals surface area contributed by atoms with Crippen molar-refractivity contribution in [3.63, 3.8) is 0 Å². The van der Waals surface area contributed by atoms with E-state index >= 15 is 0 Å². The Morgan fingerprint density at radius 3 is 2.36 bits per heavy atom. The first-order valence-corrected chi connectivity index (χ1v) is 9.03. The van der Waals surface area contributed by atoms with Crippen LogP contribution in [0.2, 0.25) is 0 Å². The highest BCUT2D eigenvalue weighted by atomic mass is 32.2. The molecule has 0 bridgehead atoms. The second-order valence-corrected chi connectivity index (χ2v) is 6.61. The highest BCUT2D eigenvalue weighted by Crippen LogP contribution is 2.44. The topological polar surface area (TPSA) is 41.1 Å². The molecule has 0 atom stereocenters. The van der Waals surface area contributed by atoms with Crippen LogP contribution in [-0.2, 0) is 0 Å². The molecule has 1 aliphatic heterocycles. The summed E-state index contributed by atoms with van der Waals surface area (Å²) >= 11 is 1.60. The summed E-state index contributed by atoms with van der Waals surface area (Å²) in [5.74, 6) is -0.272. The molecular weight excluding hydrogens is 335 g/mol. The van der Waals surface area contributed by atoms with Crippen LogP contribution in [0.1, 0.15) is 0 Å². The summed E-state index contributed by atoms with van der Waals surface area (Å²) in [6, 6.07) is 17.9. The Morgan fingerprint density at radius 2 is 1.60 bits per heavy atom. The van der Waals surface area contributed by atoms with Gasteiger partial charge >= 0.3 is 6.03 Å². The van der Waals surface area contributed by atoms with Gasteiger partial charge in [0.05, 0.1) is 11.4 Å². The molecule has 2 N–H and O–H groups in total. The van der Waals surface area contributed by atoms with E-state index in [9.17, 15) is 9.18 Å². The molecule has 3 nitrogen and oxygen atoms in total. The largest absolute Gasteiger partial charge is 0.323 e. The zero-order valence-corrected chi connectivity index (χ0v) is 14.3. The number of para-hydroxylation sites is 1. The second-order valence-electron chi connectivity index (χ2n) is 5.73. The highest BCUT2D eigenvalue weighted by Gasteiger charge is 2.22. The molecule has 0 radical (unpaired) electrons. The number of hydrogen-bond acceptors (Lipinski definition) is 2. The number of halogens is 1. The molecule has 0 fully saturated rings. The summed E-state index contributed by atoms with van der Waals surface area (Å²) in [7, 11) is 0. The maximum atomic E-state index is 13.4. The molecule has 3 aromatic rings. The molecule has 5 heteroatoms. The molecule has 124 valence electrons. The predicted octanol–water partition coefficient (Wildman–Crippen LogP) is 5.84. The lowest BCUT2D eigenvalue weighted by molar-refractivity contribution is 0.262. The van der Waals surface area contributed by atoms with Crippen LogP contribution < -0.4 is 10.6 Å². The third-order valence-electron chi connectivity index (χ3n) is 4.20. The lowest BCUT2D eigenvalue weighted by Gasteiger charge is -2.16. The smallest absolute Gasteiger partial charge is 0.307 e. The van der Waals surface area contributed by atoms with Crippen LogP contribution in [0, 0.1) is 5.82 Å². The molecule has 0 saturated heterocycles. The molecule has 1 heterocycles. The predicted molar refractivity (Wildman–Crippen MR) is 102 cm³/mol. The number of benzene rings is 3. The molecule has 0 aromatic heterocycles. The second kappa shape index (κ2) is 6.26. The van der Waals surface area contributed by atoms with Gasteiger partial charge in [-0.05, 0) is 47.7 Å². The fourth-order valence-electron chi connectivity index (χ4n) is 3.07. The van der Waals surface area contributed by atoms with E-state index in [0.29, 0.717) is 0 Å². The van der Waals surface area contributed by atoms with Crippen molar-refractivity contribution in [2.24, 2.45) is 0 Å². The minimum atomic E-state index is -0.272. The van der Waals surface area contributed by atoms with E-state index in [1.165, 1.54) is 12.1 Å². The minimum absolute atomic E-state index is 0.269. The van der Waals surface area contributed by atoms with Crippen LogP contribution in [0.15, 0.2) is 65.6 Å². The van der Waals surface area contributed by atoms with Gasteiger partial charge in [-0.25, -0.2) is 9.18 Å². The summed E-state index contributed by atoms with van der Waals surface area (Å²) < 4.78 is 13.4. The average molecular weight is 350 g/mol. The van der Waals surface area contributed by atoms with Crippen molar-refractivity contribution in [1.29, 1.82) is 0 Å². The third-order valence-corrected chi connectivity index (χ3v) is 4.90. The molecule has 25 heavy (non-hydrogen) atoms. The number of anilines is 2. The quantitative estimate of drug-likeness (QED) is 0.570. The summed E-state index contributed by atoms with van der Waals surface area (Å²) in [4.78, 5) is 13.2. The van der Waals surface area contributed by atoms with Gasteiger partial charge in [-0.1, -0.05) is 30.3 Å². The van der Waals surface area contributed by atoms with Crippen molar-refractivity contribution in [3.8, 4) is 22.3 Å². The number of carbonyl (C=O) groups is 1. The lowest BCUT2D eigenvalue weighted by atomic mass is 9.92. The van der Waals surface area contributed by atoms with Crippen LogP contribution in [0.4, 0.5) is 20.6 Å². The number of rotatable bonds is 2. The normalized spacial score (nSPS) is 12.5.